The van der Waals surface area contributed by atoms with Crippen LogP contribution in [0.3, 0.4) is 0 Å². The lowest BCUT2D eigenvalue weighted by molar-refractivity contribution is 0.254. The number of allylic oxidation sites excluding steroid dienone is 4. The molecule has 1 saturated carbocycles. The lowest BCUT2D eigenvalue weighted by Crippen LogP contribution is -2.27. The van der Waals surface area contributed by atoms with E-state index in [1.165, 1.54) is 12.3 Å². The molecule has 2 amide bonds. The highest BCUT2D eigenvalue weighted by Gasteiger charge is 2.57. The second kappa shape index (κ2) is 9.78. The van der Waals surface area contributed by atoms with Crippen LogP contribution in [0.4, 0.5) is 16.3 Å². The minimum absolute atomic E-state index is 0.152. The number of aromatic nitrogens is 4. The molecule has 2 aromatic heterocycles. The lowest BCUT2D eigenvalue weighted by Gasteiger charge is -2.17. The third kappa shape index (κ3) is 5.05. The summed E-state index contributed by atoms with van der Waals surface area (Å²) in [6.45, 7) is 5.77. The van der Waals surface area contributed by atoms with Gasteiger partial charge in [0.05, 0.1) is 22.5 Å². The first-order valence-electron chi connectivity index (χ1n) is 11.2. The summed E-state index contributed by atoms with van der Waals surface area (Å²) in [7, 11) is -1.92. The summed E-state index contributed by atoms with van der Waals surface area (Å²) >= 11 is 0. The van der Waals surface area contributed by atoms with E-state index in [4.69, 9.17) is 5.73 Å². The molecule has 0 radical (unpaired) electrons. The van der Waals surface area contributed by atoms with E-state index in [-0.39, 0.29) is 16.5 Å². The number of nitrogens with one attached hydrogen (secondary N) is 2. The van der Waals surface area contributed by atoms with Gasteiger partial charge in [0.15, 0.2) is 15.7 Å². The monoisotopic (exact) mass is 505 g/mol. The van der Waals surface area contributed by atoms with Gasteiger partial charge in [-0.15, -0.1) is 0 Å². The standard InChI is InChI=1S/C25H27N7O3S/c1-4-18(28-24(33)29-19-15-27-32(3)16-19)11-10-17(2)23-30-21(14-22(26)31-23)25(12-13-25)36(34,35)20-8-6-5-7-9-20/h4-11,14-16H,2,12-13H2,1,3H3,(H2,26,30,31)(H2,28,29,33)/b11-10-,18-4+. The van der Waals surface area contributed by atoms with Crippen molar-refractivity contribution in [3.63, 3.8) is 0 Å². The van der Waals surface area contributed by atoms with Crippen molar-refractivity contribution in [2.24, 2.45) is 7.05 Å². The average Bonchev–Trinajstić information content (AvgIpc) is 3.59. The number of sulfone groups is 1. The van der Waals surface area contributed by atoms with Gasteiger partial charge < -0.3 is 16.4 Å². The summed E-state index contributed by atoms with van der Waals surface area (Å²) in [4.78, 5) is 21.3. The van der Waals surface area contributed by atoms with Gasteiger partial charge in [-0.3, -0.25) is 4.68 Å². The molecule has 0 saturated heterocycles. The van der Waals surface area contributed by atoms with Gasteiger partial charge in [-0.05, 0) is 44.1 Å². The highest BCUT2D eigenvalue weighted by molar-refractivity contribution is 7.92. The smallest absolute Gasteiger partial charge is 0.323 e. The number of nitrogen functional groups attached to an aromatic ring is 1. The maximum Gasteiger partial charge on any atom is 0.323 e. The molecule has 4 N–H and O–H groups in total. The fraction of sp³-hybridized carbons (Fsp3) is 0.200. The topological polar surface area (TPSA) is 145 Å². The highest BCUT2D eigenvalue weighted by atomic mass is 32.2. The second-order valence-electron chi connectivity index (χ2n) is 8.40. The van der Waals surface area contributed by atoms with E-state index in [9.17, 15) is 13.2 Å². The summed E-state index contributed by atoms with van der Waals surface area (Å²) in [5.74, 6) is 0.366. The van der Waals surface area contributed by atoms with Crippen LogP contribution in [0.5, 0.6) is 0 Å². The number of nitrogens with zero attached hydrogens (tertiary/aromatic N) is 4. The molecule has 36 heavy (non-hydrogen) atoms. The van der Waals surface area contributed by atoms with Gasteiger partial charge >= 0.3 is 6.03 Å². The Morgan fingerprint density at radius 3 is 2.53 bits per heavy atom. The number of benzene rings is 1. The van der Waals surface area contributed by atoms with Crippen molar-refractivity contribution in [3.8, 4) is 0 Å². The summed E-state index contributed by atoms with van der Waals surface area (Å²) in [6, 6.07) is 9.40. The number of carbonyl (C=O) groups is 1. The first-order valence-corrected chi connectivity index (χ1v) is 12.7. The molecule has 1 aliphatic rings. The fourth-order valence-electron chi connectivity index (χ4n) is 3.70. The summed E-state index contributed by atoms with van der Waals surface area (Å²) in [5.41, 5.74) is 7.85. The molecule has 0 bridgehead atoms. The zero-order chi connectivity index (χ0) is 25.9. The van der Waals surface area contributed by atoms with Crippen LogP contribution in [0.15, 0.2) is 84.2 Å². The number of nitrogens with two attached hydrogens (primary N) is 1. The van der Waals surface area contributed by atoms with Gasteiger partial charge in [-0.25, -0.2) is 23.2 Å². The van der Waals surface area contributed by atoms with Crippen LogP contribution in [0, 0.1) is 0 Å². The first-order chi connectivity index (χ1) is 17.1. The van der Waals surface area contributed by atoms with Crippen molar-refractivity contribution in [1.29, 1.82) is 0 Å². The van der Waals surface area contributed by atoms with Gasteiger partial charge in [0.25, 0.3) is 0 Å². The van der Waals surface area contributed by atoms with Crippen molar-refractivity contribution < 1.29 is 13.2 Å². The quantitative estimate of drug-likeness (QED) is 0.397. The van der Waals surface area contributed by atoms with Gasteiger partial charge in [0, 0.05) is 30.6 Å². The number of amides is 2. The number of hydrogen-bond acceptors (Lipinski definition) is 7. The number of urea groups is 1. The molecule has 1 aliphatic carbocycles. The van der Waals surface area contributed by atoms with E-state index in [1.54, 1.807) is 73.4 Å². The minimum atomic E-state index is -3.67. The highest BCUT2D eigenvalue weighted by Crippen LogP contribution is 2.54. The first kappa shape index (κ1) is 24.9. The van der Waals surface area contributed by atoms with Crippen LogP contribution in [-0.2, 0) is 21.6 Å². The Morgan fingerprint density at radius 1 is 1.19 bits per heavy atom. The molecule has 2 heterocycles. The molecule has 0 atom stereocenters. The van der Waals surface area contributed by atoms with E-state index in [2.05, 4.69) is 32.3 Å². The Hall–Kier alpha value is -4.25. The van der Waals surface area contributed by atoms with E-state index in [0.29, 0.717) is 35.5 Å². The van der Waals surface area contributed by atoms with E-state index < -0.39 is 20.6 Å². The van der Waals surface area contributed by atoms with Crippen LogP contribution in [-0.4, -0.2) is 34.2 Å². The Labute approximate surface area is 209 Å². The van der Waals surface area contributed by atoms with Crippen molar-refractivity contribution >= 4 is 32.9 Å². The molecule has 0 unspecified atom stereocenters. The predicted octanol–water partition coefficient (Wildman–Crippen LogP) is 3.55. The SMILES string of the molecule is C=C(/C=C\C(=C/C)NC(=O)Nc1cnn(C)c1)c1nc(N)cc(C2(S(=O)(=O)c3ccccc3)CC2)n1. The van der Waals surface area contributed by atoms with Gasteiger partial charge in [0.1, 0.15) is 10.6 Å². The molecule has 3 aromatic rings. The van der Waals surface area contributed by atoms with Gasteiger partial charge in [0.2, 0.25) is 0 Å². The third-order valence-corrected chi connectivity index (χ3v) is 8.31. The van der Waals surface area contributed by atoms with Crippen molar-refractivity contribution in [3.05, 3.63) is 90.8 Å². The Morgan fingerprint density at radius 2 is 1.92 bits per heavy atom. The van der Waals surface area contributed by atoms with E-state index in [0.717, 1.165) is 0 Å². The fourth-order valence-corrected chi connectivity index (χ4v) is 5.68. The average molecular weight is 506 g/mol. The predicted molar refractivity (Wildman–Crippen MR) is 138 cm³/mol. The summed E-state index contributed by atoms with van der Waals surface area (Å²) in [5, 5.41) is 9.41. The largest absolute Gasteiger partial charge is 0.384 e. The molecule has 10 nitrogen and oxygen atoms in total. The molecule has 11 heteroatoms. The van der Waals surface area contributed by atoms with Crippen molar-refractivity contribution in [1.82, 2.24) is 25.1 Å². The van der Waals surface area contributed by atoms with E-state index >= 15 is 0 Å². The molecular formula is C25H27N7O3S. The molecule has 186 valence electrons. The maximum atomic E-state index is 13.4. The number of rotatable bonds is 8. The lowest BCUT2D eigenvalue weighted by atomic mass is 10.2. The normalized spacial score (nSPS) is 15.0. The van der Waals surface area contributed by atoms with Crippen molar-refractivity contribution in [2.75, 3.05) is 11.1 Å². The molecule has 4 rings (SSSR count). The van der Waals surface area contributed by atoms with Crippen LogP contribution in [0.1, 0.15) is 31.3 Å². The van der Waals surface area contributed by atoms with E-state index in [1.807, 2.05) is 0 Å². The molecule has 1 fully saturated rings. The van der Waals surface area contributed by atoms with Crippen molar-refractivity contribution in [2.45, 2.75) is 29.4 Å². The zero-order valence-corrected chi connectivity index (χ0v) is 20.8. The van der Waals surface area contributed by atoms with Crippen LogP contribution >= 0.6 is 0 Å². The third-order valence-electron chi connectivity index (χ3n) is 5.77. The molecular weight excluding hydrogens is 478 g/mol. The number of hydrogen-bond donors (Lipinski definition) is 3. The minimum Gasteiger partial charge on any atom is -0.384 e. The molecule has 0 aliphatic heterocycles. The zero-order valence-electron chi connectivity index (χ0n) is 20.0. The summed E-state index contributed by atoms with van der Waals surface area (Å²) < 4.78 is 27.2. The Balaban J connectivity index is 1.51. The number of anilines is 2. The second-order valence-corrected chi connectivity index (χ2v) is 10.7. The van der Waals surface area contributed by atoms with Gasteiger partial charge in [-0.2, -0.15) is 5.10 Å². The maximum absolute atomic E-state index is 13.4. The van der Waals surface area contributed by atoms with Crippen LogP contribution < -0.4 is 16.4 Å². The number of aryl methyl sites for hydroxylation is 1. The molecule has 1 aromatic carbocycles. The van der Waals surface area contributed by atoms with Crippen LogP contribution in [0.25, 0.3) is 5.57 Å². The Bertz CT molecular complexity index is 1470. The van der Waals surface area contributed by atoms with Gasteiger partial charge in [-0.1, -0.05) is 30.9 Å². The van der Waals surface area contributed by atoms with Crippen LogP contribution in [0.2, 0.25) is 0 Å². The Kier molecular flexibility index (Phi) is 6.75. The summed E-state index contributed by atoms with van der Waals surface area (Å²) in [6.07, 6.45) is 9.08. The number of carbonyl (C=O) groups excluding carboxylic acids is 1. The molecule has 0 spiro atoms.